The zero-order valence-corrected chi connectivity index (χ0v) is 12.6. The second-order valence-corrected chi connectivity index (χ2v) is 4.84. The largest absolute Gasteiger partial charge is 0.431 e. The van der Waals surface area contributed by atoms with Crippen LogP contribution in [0.25, 0.3) is 0 Å². The van der Waals surface area contributed by atoms with Crippen LogP contribution in [0.15, 0.2) is 22.7 Å². The van der Waals surface area contributed by atoms with Gasteiger partial charge in [0.05, 0.1) is 9.40 Å². The third kappa shape index (κ3) is 3.43. The van der Waals surface area contributed by atoms with Gasteiger partial charge in [0.25, 0.3) is 0 Å². The fourth-order valence-electron chi connectivity index (χ4n) is 1.58. The van der Waals surface area contributed by atoms with Gasteiger partial charge >= 0.3 is 5.69 Å². The molecule has 0 atom stereocenters. The second-order valence-electron chi connectivity index (χ2n) is 3.98. The summed E-state index contributed by atoms with van der Waals surface area (Å²) in [4.78, 5) is 18.4. The highest BCUT2D eigenvalue weighted by Gasteiger charge is 2.20. The summed E-state index contributed by atoms with van der Waals surface area (Å²) in [6.45, 7) is 1.64. The lowest BCUT2D eigenvalue weighted by molar-refractivity contribution is -0.385. The van der Waals surface area contributed by atoms with E-state index in [0.717, 1.165) is 12.1 Å². The Morgan fingerprint density at radius 3 is 2.71 bits per heavy atom. The smallest absolute Gasteiger partial charge is 0.312 e. The summed E-state index contributed by atoms with van der Waals surface area (Å²) < 4.78 is 18.9. The maximum Gasteiger partial charge on any atom is 0.312 e. The first-order valence-electron chi connectivity index (χ1n) is 5.75. The Balaban J connectivity index is 2.46. The van der Waals surface area contributed by atoms with Gasteiger partial charge in [-0.25, -0.2) is 9.37 Å². The molecule has 0 aliphatic rings. The van der Waals surface area contributed by atoms with E-state index in [-0.39, 0.29) is 21.8 Å². The first kappa shape index (κ1) is 15.1. The van der Waals surface area contributed by atoms with Gasteiger partial charge in [-0.2, -0.15) is 4.98 Å². The van der Waals surface area contributed by atoms with E-state index in [1.807, 2.05) is 0 Å². The number of nitro groups is 1. The number of nitrogens with one attached hydrogen (secondary N) is 1. The van der Waals surface area contributed by atoms with Crippen molar-refractivity contribution in [2.24, 2.45) is 0 Å². The van der Waals surface area contributed by atoms with Crippen molar-refractivity contribution < 1.29 is 14.1 Å². The standard InChI is InChI=1S/C12H10BrFN4O3/c1-6-16-11(15-2)5-12(17-6)21-10-4-8(14)7(13)3-9(10)18(19)20/h3-5H,1-2H3,(H,15,16,17). The maximum absolute atomic E-state index is 13.6. The summed E-state index contributed by atoms with van der Waals surface area (Å²) in [7, 11) is 1.66. The van der Waals surface area contributed by atoms with Crippen molar-refractivity contribution in [2.75, 3.05) is 12.4 Å². The van der Waals surface area contributed by atoms with Gasteiger partial charge in [-0.1, -0.05) is 0 Å². The Bertz CT molecular complexity index is 711. The zero-order valence-electron chi connectivity index (χ0n) is 11.1. The number of ether oxygens (including phenoxy) is 1. The molecule has 110 valence electrons. The third-order valence-electron chi connectivity index (χ3n) is 2.48. The van der Waals surface area contributed by atoms with Crippen LogP contribution in [0, 0.1) is 22.9 Å². The van der Waals surface area contributed by atoms with E-state index in [0.29, 0.717) is 11.6 Å². The molecule has 0 radical (unpaired) electrons. The summed E-state index contributed by atoms with van der Waals surface area (Å²) in [6.07, 6.45) is 0. The number of hydrogen-bond acceptors (Lipinski definition) is 6. The lowest BCUT2D eigenvalue weighted by atomic mass is 10.3. The molecule has 1 aromatic heterocycles. The molecule has 7 nitrogen and oxygen atoms in total. The Kier molecular flexibility index (Phi) is 4.32. The monoisotopic (exact) mass is 356 g/mol. The number of halogens is 2. The minimum Gasteiger partial charge on any atom is -0.431 e. The van der Waals surface area contributed by atoms with Gasteiger partial charge in [0, 0.05) is 25.2 Å². The highest BCUT2D eigenvalue weighted by atomic mass is 79.9. The number of aryl methyl sites for hydroxylation is 1. The van der Waals surface area contributed by atoms with Crippen LogP contribution >= 0.6 is 15.9 Å². The van der Waals surface area contributed by atoms with Crippen LogP contribution in [0.1, 0.15) is 5.82 Å². The Morgan fingerprint density at radius 1 is 1.38 bits per heavy atom. The molecule has 0 fully saturated rings. The molecule has 0 saturated heterocycles. The number of benzene rings is 1. The van der Waals surface area contributed by atoms with Gasteiger partial charge in [0.1, 0.15) is 17.5 Å². The van der Waals surface area contributed by atoms with Gasteiger partial charge in [-0.15, -0.1) is 0 Å². The molecule has 9 heteroatoms. The van der Waals surface area contributed by atoms with Crippen LogP contribution in [0.4, 0.5) is 15.9 Å². The molecule has 0 unspecified atom stereocenters. The van der Waals surface area contributed by atoms with Crippen molar-refractivity contribution in [2.45, 2.75) is 6.92 Å². The molecule has 0 saturated carbocycles. The van der Waals surface area contributed by atoms with Crippen LogP contribution in [0.2, 0.25) is 0 Å². The molecule has 0 bridgehead atoms. The molecular formula is C12H10BrFN4O3. The average molecular weight is 357 g/mol. The fraction of sp³-hybridized carbons (Fsp3) is 0.167. The van der Waals surface area contributed by atoms with Gasteiger partial charge in [0.15, 0.2) is 0 Å². The Labute approximate surface area is 127 Å². The van der Waals surface area contributed by atoms with E-state index in [4.69, 9.17) is 4.74 Å². The average Bonchev–Trinajstić information content (AvgIpc) is 2.41. The van der Waals surface area contributed by atoms with Crippen LogP contribution in [-0.2, 0) is 0 Å². The van der Waals surface area contributed by atoms with Gasteiger partial charge in [-0.3, -0.25) is 10.1 Å². The van der Waals surface area contributed by atoms with Crippen LogP contribution in [0.3, 0.4) is 0 Å². The van der Waals surface area contributed by atoms with E-state index >= 15 is 0 Å². The molecule has 0 amide bonds. The highest BCUT2D eigenvalue weighted by Crippen LogP contribution is 2.35. The number of aromatic nitrogens is 2. The molecule has 2 rings (SSSR count). The number of hydrogen-bond donors (Lipinski definition) is 1. The van der Waals surface area contributed by atoms with E-state index in [1.165, 1.54) is 6.07 Å². The number of nitro benzene ring substituents is 1. The molecule has 21 heavy (non-hydrogen) atoms. The maximum atomic E-state index is 13.6. The Morgan fingerprint density at radius 2 is 2.10 bits per heavy atom. The minimum absolute atomic E-state index is 0.0173. The van der Waals surface area contributed by atoms with Crippen LogP contribution < -0.4 is 10.1 Å². The normalized spacial score (nSPS) is 10.3. The highest BCUT2D eigenvalue weighted by molar-refractivity contribution is 9.10. The lowest BCUT2D eigenvalue weighted by Gasteiger charge is -2.08. The molecule has 1 heterocycles. The first-order valence-corrected chi connectivity index (χ1v) is 6.54. The zero-order chi connectivity index (χ0) is 15.6. The summed E-state index contributed by atoms with van der Waals surface area (Å²) >= 11 is 2.90. The van der Waals surface area contributed by atoms with Crippen LogP contribution in [0.5, 0.6) is 11.6 Å². The fourth-order valence-corrected chi connectivity index (χ4v) is 1.91. The van der Waals surface area contributed by atoms with Crippen molar-refractivity contribution in [3.63, 3.8) is 0 Å². The topological polar surface area (TPSA) is 90.2 Å². The summed E-state index contributed by atoms with van der Waals surface area (Å²) in [5.74, 6) is 0.0718. The summed E-state index contributed by atoms with van der Waals surface area (Å²) in [5, 5.41) is 13.8. The van der Waals surface area contributed by atoms with Gasteiger partial charge in [-0.05, 0) is 22.9 Å². The Hall–Kier alpha value is -2.29. The summed E-state index contributed by atoms with van der Waals surface area (Å²) in [5.41, 5.74) is -0.370. The number of nitrogens with zero attached hydrogens (tertiary/aromatic N) is 3. The van der Waals surface area contributed by atoms with Gasteiger partial charge in [0.2, 0.25) is 11.6 Å². The number of rotatable bonds is 4. The lowest BCUT2D eigenvalue weighted by Crippen LogP contribution is -2.00. The van der Waals surface area contributed by atoms with E-state index < -0.39 is 10.7 Å². The molecule has 1 N–H and O–H groups in total. The van der Waals surface area contributed by atoms with Crippen molar-refractivity contribution in [1.82, 2.24) is 9.97 Å². The van der Waals surface area contributed by atoms with E-state index in [1.54, 1.807) is 14.0 Å². The SMILES string of the molecule is CNc1cc(Oc2cc(F)c(Br)cc2[N+](=O)[O-])nc(C)n1. The van der Waals surface area contributed by atoms with Crippen molar-refractivity contribution in [1.29, 1.82) is 0 Å². The quantitative estimate of drug-likeness (QED) is 0.666. The van der Waals surface area contributed by atoms with E-state index in [2.05, 4.69) is 31.2 Å². The second kappa shape index (κ2) is 6.00. The van der Waals surface area contributed by atoms with Crippen molar-refractivity contribution >= 4 is 27.4 Å². The van der Waals surface area contributed by atoms with E-state index in [9.17, 15) is 14.5 Å². The molecular weight excluding hydrogens is 347 g/mol. The van der Waals surface area contributed by atoms with Crippen molar-refractivity contribution in [3.05, 3.63) is 44.4 Å². The molecule has 1 aromatic carbocycles. The predicted molar refractivity (Wildman–Crippen MR) is 77.1 cm³/mol. The molecule has 0 aliphatic carbocycles. The molecule has 0 aliphatic heterocycles. The minimum atomic E-state index is -0.671. The first-order chi connectivity index (χ1) is 9.90. The number of anilines is 1. The van der Waals surface area contributed by atoms with Crippen LogP contribution in [-0.4, -0.2) is 21.9 Å². The van der Waals surface area contributed by atoms with Crippen molar-refractivity contribution in [3.8, 4) is 11.6 Å². The third-order valence-corrected chi connectivity index (χ3v) is 3.09. The summed E-state index contributed by atoms with van der Waals surface area (Å²) in [6, 6.07) is 3.42. The predicted octanol–water partition coefficient (Wildman–Crippen LogP) is 3.43. The van der Waals surface area contributed by atoms with Gasteiger partial charge < -0.3 is 10.1 Å². The molecule has 2 aromatic rings. The molecule has 0 spiro atoms.